The lowest BCUT2D eigenvalue weighted by atomic mass is 10.2. The van der Waals surface area contributed by atoms with Crippen LogP contribution in [0.25, 0.3) is 11.0 Å². The van der Waals surface area contributed by atoms with Gasteiger partial charge in [-0.2, -0.15) is 0 Å². The molecular formula is C14H9FN2O3S. The number of fused-ring (bicyclic) bond motifs is 1. The predicted octanol–water partition coefficient (Wildman–Crippen LogP) is 2.98. The molecule has 0 radical (unpaired) electrons. The highest BCUT2D eigenvalue weighted by Crippen LogP contribution is 2.32. The van der Waals surface area contributed by atoms with Gasteiger partial charge in [0, 0.05) is 5.39 Å². The normalized spacial score (nSPS) is 10.7. The highest BCUT2D eigenvalue weighted by Gasteiger charge is 2.21. The Morgan fingerprint density at radius 2 is 2.10 bits per heavy atom. The molecule has 0 unspecified atom stereocenters. The summed E-state index contributed by atoms with van der Waals surface area (Å²) >= 11 is 1.24. The summed E-state index contributed by atoms with van der Waals surface area (Å²) in [6.45, 7) is 0. The van der Waals surface area contributed by atoms with E-state index in [0.717, 1.165) is 0 Å². The number of benzene rings is 1. The Morgan fingerprint density at radius 1 is 1.29 bits per heavy atom. The number of halogens is 1. The lowest BCUT2D eigenvalue weighted by Gasteiger charge is -2.03. The summed E-state index contributed by atoms with van der Waals surface area (Å²) in [6, 6.07) is 7.10. The molecule has 0 aliphatic carbocycles. The van der Waals surface area contributed by atoms with Gasteiger partial charge in [0.2, 0.25) is 5.76 Å². The Kier molecular flexibility index (Phi) is 3.19. The third-order valence-corrected chi connectivity index (χ3v) is 3.73. The van der Waals surface area contributed by atoms with Gasteiger partial charge in [-0.3, -0.25) is 9.59 Å². The van der Waals surface area contributed by atoms with Crippen LogP contribution in [0.2, 0.25) is 0 Å². The van der Waals surface area contributed by atoms with E-state index in [0.29, 0.717) is 4.88 Å². The van der Waals surface area contributed by atoms with Crippen molar-refractivity contribution in [2.75, 3.05) is 5.32 Å². The van der Waals surface area contributed by atoms with Crippen molar-refractivity contribution in [1.29, 1.82) is 0 Å². The molecule has 0 saturated heterocycles. The largest absolute Gasteiger partial charge is 0.449 e. The molecule has 2 heterocycles. The molecule has 3 rings (SSSR count). The van der Waals surface area contributed by atoms with Crippen LogP contribution in [0.3, 0.4) is 0 Å². The molecule has 1 aromatic carbocycles. The highest BCUT2D eigenvalue weighted by molar-refractivity contribution is 7.12. The standard InChI is InChI=1S/C14H9FN2O3S/c15-7-3-4-9-8(6-7)11(12(20-9)13(16)18)17-14(19)10-2-1-5-21-10/h1-6H,(H2,16,18)(H,17,19). The van der Waals surface area contributed by atoms with Crippen molar-refractivity contribution in [1.82, 2.24) is 0 Å². The average molecular weight is 304 g/mol. The zero-order valence-electron chi connectivity index (χ0n) is 10.6. The van der Waals surface area contributed by atoms with E-state index in [9.17, 15) is 14.0 Å². The first-order chi connectivity index (χ1) is 10.1. The van der Waals surface area contributed by atoms with Gasteiger partial charge in [0.1, 0.15) is 17.1 Å². The van der Waals surface area contributed by atoms with Crippen LogP contribution in [-0.4, -0.2) is 11.8 Å². The summed E-state index contributed by atoms with van der Waals surface area (Å²) in [5, 5.41) is 4.59. The van der Waals surface area contributed by atoms with Crippen LogP contribution in [-0.2, 0) is 0 Å². The maximum absolute atomic E-state index is 13.4. The topological polar surface area (TPSA) is 85.3 Å². The van der Waals surface area contributed by atoms with Crippen molar-refractivity contribution < 1.29 is 18.4 Å². The van der Waals surface area contributed by atoms with E-state index in [1.807, 2.05) is 0 Å². The summed E-state index contributed by atoms with van der Waals surface area (Å²) in [4.78, 5) is 24.0. The third kappa shape index (κ3) is 2.38. The minimum Gasteiger partial charge on any atom is -0.449 e. The number of hydrogen-bond donors (Lipinski definition) is 2. The van der Waals surface area contributed by atoms with Crippen LogP contribution >= 0.6 is 11.3 Å². The van der Waals surface area contributed by atoms with E-state index >= 15 is 0 Å². The van der Waals surface area contributed by atoms with Crippen molar-refractivity contribution in [3.63, 3.8) is 0 Å². The molecule has 0 atom stereocenters. The van der Waals surface area contributed by atoms with Gasteiger partial charge in [0.25, 0.3) is 11.8 Å². The molecule has 3 N–H and O–H groups in total. The second-order valence-electron chi connectivity index (χ2n) is 4.24. The van der Waals surface area contributed by atoms with Crippen molar-refractivity contribution in [3.8, 4) is 0 Å². The van der Waals surface area contributed by atoms with Crippen LogP contribution in [0.5, 0.6) is 0 Å². The molecular weight excluding hydrogens is 295 g/mol. The monoisotopic (exact) mass is 304 g/mol. The minimum atomic E-state index is -0.840. The highest BCUT2D eigenvalue weighted by atomic mass is 32.1. The number of carbonyl (C=O) groups excluding carboxylic acids is 2. The molecule has 3 aromatic rings. The van der Waals surface area contributed by atoms with Gasteiger partial charge < -0.3 is 15.5 Å². The number of rotatable bonds is 3. The van der Waals surface area contributed by atoms with Crippen LogP contribution in [0.4, 0.5) is 10.1 Å². The SMILES string of the molecule is NC(=O)c1oc2ccc(F)cc2c1NC(=O)c1cccs1. The second-order valence-corrected chi connectivity index (χ2v) is 5.19. The quantitative estimate of drug-likeness (QED) is 0.780. The van der Waals surface area contributed by atoms with E-state index in [2.05, 4.69) is 5.32 Å². The van der Waals surface area contributed by atoms with Gasteiger partial charge in [0.15, 0.2) is 0 Å². The third-order valence-electron chi connectivity index (χ3n) is 2.86. The summed E-state index contributed by atoms with van der Waals surface area (Å²) in [5.41, 5.74) is 5.58. The Morgan fingerprint density at radius 3 is 2.76 bits per heavy atom. The fourth-order valence-corrected chi connectivity index (χ4v) is 2.57. The molecule has 2 amide bonds. The Bertz CT molecular complexity index is 839. The average Bonchev–Trinajstić information content (AvgIpc) is 3.07. The van der Waals surface area contributed by atoms with Crippen LogP contribution in [0, 0.1) is 5.82 Å². The molecule has 0 bridgehead atoms. The number of carbonyl (C=O) groups is 2. The number of furan rings is 1. The molecule has 0 aliphatic rings. The van der Waals surface area contributed by atoms with Gasteiger partial charge in [-0.1, -0.05) is 6.07 Å². The van der Waals surface area contributed by atoms with Crippen LogP contribution in [0.15, 0.2) is 40.1 Å². The zero-order chi connectivity index (χ0) is 15.0. The first-order valence-electron chi connectivity index (χ1n) is 5.93. The lowest BCUT2D eigenvalue weighted by Crippen LogP contribution is -2.16. The molecule has 0 aliphatic heterocycles. The zero-order valence-corrected chi connectivity index (χ0v) is 11.4. The fraction of sp³-hybridized carbons (Fsp3) is 0. The summed E-state index contributed by atoms with van der Waals surface area (Å²) in [5.74, 6) is -1.97. The van der Waals surface area contributed by atoms with E-state index in [1.165, 1.54) is 29.5 Å². The van der Waals surface area contributed by atoms with Crippen molar-refractivity contribution in [3.05, 3.63) is 52.2 Å². The van der Waals surface area contributed by atoms with E-state index < -0.39 is 17.6 Å². The molecule has 0 saturated carbocycles. The van der Waals surface area contributed by atoms with E-state index in [4.69, 9.17) is 10.2 Å². The molecule has 5 nitrogen and oxygen atoms in total. The fourth-order valence-electron chi connectivity index (χ4n) is 1.95. The van der Waals surface area contributed by atoms with Crippen molar-refractivity contribution >= 4 is 39.8 Å². The molecule has 0 fully saturated rings. The lowest BCUT2D eigenvalue weighted by molar-refractivity contribution is 0.0977. The first kappa shape index (κ1) is 13.3. The van der Waals surface area contributed by atoms with Crippen molar-refractivity contribution in [2.24, 2.45) is 5.73 Å². The number of nitrogens with one attached hydrogen (secondary N) is 1. The Labute approximate surface area is 122 Å². The summed E-state index contributed by atoms with van der Waals surface area (Å²) in [7, 11) is 0. The van der Waals surface area contributed by atoms with Gasteiger partial charge in [-0.15, -0.1) is 11.3 Å². The first-order valence-corrected chi connectivity index (χ1v) is 6.81. The smallest absolute Gasteiger partial charge is 0.286 e. The number of primary amides is 1. The van der Waals surface area contributed by atoms with Crippen LogP contribution < -0.4 is 11.1 Å². The number of hydrogen-bond acceptors (Lipinski definition) is 4. The van der Waals surface area contributed by atoms with Gasteiger partial charge in [-0.25, -0.2) is 4.39 Å². The van der Waals surface area contributed by atoms with Crippen molar-refractivity contribution in [2.45, 2.75) is 0 Å². The Balaban J connectivity index is 2.11. The molecule has 106 valence electrons. The van der Waals surface area contributed by atoms with Crippen LogP contribution in [0.1, 0.15) is 20.2 Å². The molecule has 2 aromatic heterocycles. The molecule has 21 heavy (non-hydrogen) atoms. The van der Waals surface area contributed by atoms with E-state index in [1.54, 1.807) is 17.5 Å². The molecule has 0 spiro atoms. The molecule has 7 heteroatoms. The van der Waals surface area contributed by atoms with Gasteiger partial charge in [-0.05, 0) is 29.6 Å². The number of thiophene rings is 1. The minimum absolute atomic E-state index is 0.0791. The maximum atomic E-state index is 13.4. The Hall–Kier alpha value is -2.67. The maximum Gasteiger partial charge on any atom is 0.286 e. The summed E-state index contributed by atoms with van der Waals surface area (Å²) < 4.78 is 18.7. The van der Waals surface area contributed by atoms with Gasteiger partial charge in [0.05, 0.1) is 4.88 Å². The predicted molar refractivity (Wildman–Crippen MR) is 77.0 cm³/mol. The number of anilines is 1. The number of amides is 2. The second kappa shape index (κ2) is 5.02. The summed E-state index contributed by atoms with van der Waals surface area (Å²) in [6.07, 6.45) is 0. The van der Waals surface area contributed by atoms with Gasteiger partial charge >= 0.3 is 0 Å². The van der Waals surface area contributed by atoms with E-state index in [-0.39, 0.29) is 22.4 Å². The number of nitrogens with two attached hydrogens (primary N) is 1.